The van der Waals surface area contributed by atoms with Gasteiger partial charge in [-0.1, -0.05) is 6.42 Å². The van der Waals surface area contributed by atoms with Gasteiger partial charge in [0.05, 0.1) is 6.61 Å². The van der Waals surface area contributed by atoms with E-state index in [1.54, 1.807) is 0 Å². The van der Waals surface area contributed by atoms with Gasteiger partial charge in [0.2, 0.25) is 0 Å². The van der Waals surface area contributed by atoms with Crippen molar-refractivity contribution in [3.63, 3.8) is 0 Å². The van der Waals surface area contributed by atoms with E-state index in [0.29, 0.717) is 0 Å². The van der Waals surface area contributed by atoms with Crippen LogP contribution in [0.3, 0.4) is 0 Å². The van der Waals surface area contributed by atoms with E-state index in [2.05, 4.69) is 11.9 Å². The lowest BCUT2D eigenvalue weighted by molar-refractivity contribution is -0.0294. The average molecular weight is 212 g/mol. The maximum absolute atomic E-state index is 5.94. The van der Waals surface area contributed by atoms with E-state index in [1.807, 2.05) is 0 Å². The van der Waals surface area contributed by atoms with Gasteiger partial charge < -0.3 is 15.4 Å². The van der Waals surface area contributed by atoms with Crippen LogP contribution in [0, 0.1) is 5.41 Å². The molecular weight excluding hydrogens is 188 g/mol. The van der Waals surface area contributed by atoms with Crippen molar-refractivity contribution in [3.05, 3.63) is 0 Å². The molecule has 0 aromatic heterocycles. The zero-order valence-corrected chi connectivity index (χ0v) is 9.87. The van der Waals surface area contributed by atoms with Gasteiger partial charge in [0.1, 0.15) is 0 Å². The number of hydrogen-bond donors (Lipinski definition) is 1. The van der Waals surface area contributed by atoms with Crippen molar-refractivity contribution in [2.75, 3.05) is 33.4 Å². The van der Waals surface area contributed by atoms with Crippen LogP contribution in [0.2, 0.25) is 0 Å². The zero-order chi connectivity index (χ0) is 10.7. The molecule has 1 saturated carbocycles. The van der Waals surface area contributed by atoms with Crippen molar-refractivity contribution in [1.82, 2.24) is 4.90 Å². The Morgan fingerprint density at radius 1 is 1.40 bits per heavy atom. The molecule has 0 amide bonds. The molecule has 2 fully saturated rings. The van der Waals surface area contributed by atoms with Crippen molar-refractivity contribution >= 4 is 0 Å². The van der Waals surface area contributed by atoms with E-state index in [4.69, 9.17) is 10.5 Å². The second-order valence-electron chi connectivity index (χ2n) is 5.36. The lowest BCUT2D eigenvalue weighted by Crippen LogP contribution is -2.50. The lowest BCUT2D eigenvalue weighted by atomic mass is 9.80. The quantitative estimate of drug-likeness (QED) is 0.761. The maximum Gasteiger partial charge on any atom is 0.0546 e. The number of hydrogen-bond acceptors (Lipinski definition) is 3. The van der Waals surface area contributed by atoms with Crippen LogP contribution in [-0.2, 0) is 4.74 Å². The average Bonchev–Trinajstić information content (AvgIpc) is 2.16. The van der Waals surface area contributed by atoms with E-state index >= 15 is 0 Å². The zero-order valence-electron chi connectivity index (χ0n) is 9.87. The molecule has 1 aliphatic carbocycles. The van der Waals surface area contributed by atoms with Gasteiger partial charge >= 0.3 is 0 Å². The molecule has 1 heterocycles. The fraction of sp³-hybridized carbons (Fsp3) is 1.00. The van der Waals surface area contributed by atoms with Crippen molar-refractivity contribution in [2.45, 2.75) is 38.1 Å². The first-order valence-electron chi connectivity index (χ1n) is 6.24. The number of rotatable bonds is 4. The lowest BCUT2D eigenvalue weighted by Gasteiger charge is -2.43. The van der Waals surface area contributed by atoms with Crippen LogP contribution in [0.5, 0.6) is 0 Å². The molecule has 2 rings (SSSR count). The van der Waals surface area contributed by atoms with E-state index < -0.39 is 0 Å². The van der Waals surface area contributed by atoms with Crippen LogP contribution in [-0.4, -0.2) is 44.3 Å². The fourth-order valence-corrected chi connectivity index (χ4v) is 2.75. The monoisotopic (exact) mass is 212 g/mol. The summed E-state index contributed by atoms with van der Waals surface area (Å²) in [6.45, 7) is 3.67. The van der Waals surface area contributed by atoms with Gasteiger partial charge in [0, 0.05) is 31.2 Å². The Hall–Kier alpha value is -0.120. The first-order valence-corrected chi connectivity index (χ1v) is 6.24. The highest BCUT2D eigenvalue weighted by Gasteiger charge is 2.35. The molecule has 0 radical (unpaired) electrons. The minimum atomic E-state index is 0.239. The Morgan fingerprint density at radius 3 is 2.67 bits per heavy atom. The van der Waals surface area contributed by atoms with Crippen LogP contribution in [0.1, 0.15) is 32.1 Å². The van der Waals surface area contributed by atoms with Crippen LogP contribution in [0.15, 0.2) is 0 Å². The number of nitrogens with zero attached hydrogens (tertiary/aromatic N) is 1. The number of ether oxygens (including phenoxy) is 1. The molecule has 88 valence electrons. The first-order chi connectivity index (χ1) is 7.26. The summed E-state index contributed by atoms with van der Waals surface area (Å²) in [5, 5.41) is 0. The van der Waals surface area contributed by atoms with Crippen molar-refractivity contribution in [1.29, 1.82) is 0 Å². The Labute approximate surface area is 93.0 Å². The predicted molar refractivity (Wildman–Crippen MR) is 61.8 cm³/mol. The Morgan fingerprint density at radius 2 is 2.20 bits per heavy atom. The second-order valence-corrected chi connectivity index (χ2v) is 5.36. The first kappa shape index (κ1) is 11.4. The van der Waals surface area contributed by atoms with E-state index in [-0.39, 0.29) is 5.41 Å². The summed E-state index contributed by atoms with van der Waals surface area (Å²) in [6.07, 6.45) is 6.56. The molecule has 3 nitrogen and oxygen atoms in total. The Balaban J connectivity index is 1.87. The van der Waals surface area contributed by atoms with Gasteiger partial charge in [-0.15, -0.1) is 0 Å². The maximum atomic E-state index is 5.94. The predicted octanol–water partition coefficient (Wildman–Crippen LogP) is 1.23. The Kier molecular flexibility index (Phi) is 3.65. The minimum Gasteiger partial charge on any atom is -0.381 e. The van der Waals surface area contributed by atoms with Crippen LogP contribution < -0.4 is 5.73 Å². The van der Waals surface area contributed by atoms with E-state index in [1.165, 1.54) is 32.1 Å². The normalized spacial score (nSPS) is 33.0. The van der Waals surface area contributed by atoms with Crippen LogP contribution in [0.4, 0.5) is 0 Å². The highest BCUT2D eigenvalue weighted by Crippen LogP contribution is 2.31. The third-order valence-electron chi connectivity index (χ3n) is 4.12. The molecule has 2 aliphatic rings. The third-order valence-corrected chi connectivity index (χ3v) is 4.12. The summed E-state index contributed by atoms with van der Waals surface area (Å²) >= 11 is 0. The third kappa shape index (κ3) is 2.52. The van der Waals surface area contributed by atoms with Gasteiger partial charge in [0.25, 0.3) is 0 Å². The number of nitrogens with two attached hydrogens (primary N) is 1. The molecular formula is C12H24N2O. The summed E-state index contributed by atoms with van der Waals surface area (Å²) in [5.41, 5.74) is 6.18. The molecule has 0 aromatic rings. The van der Waals surface area contributed by atoms with Gasteiger partial charge in [-0.2, -0.15) is 0 Å². The topological polar surface area (TPSA) is 38.5 Å². The molecule has 0 bridgehead atoms. The summed E-state index contributed by atoms with van der Waals surface area (Å²) in [5.74, 6) is 0. The molecule has 0 aromatic carbocycles. The van der Waals surface area contributed by atoms with Crippen molar-refractivity contribution in [3.8, 4) is 0 Å². The Bertz CT molecular complexity index is 198. The summed E-state index contributed by atoms with van der Waals surface area (Å²) in [7, 11) is 2.25. The van der Waals surface area contributed by atoms with Gasteiger partial charge in [0.15, 0.2) is 0 Å². The molecule has 3 heteroatoms. The summed E-state index contributed by atoms with van der Waals surface area (Å²) in [6, 6.07) is 0.815. The fourth-order valence-electron chi connectivity index (χ4n) is 2.75. The van der Waals surface area contributed by atoms with Crippen molar-refractivity contribution < 1.29 is 4.74 Å². The molecule has 15 heavy (non-hydrogen) atoms. The molecule has 1 atom stereocenters. The van der Waals surface area contributed by atoms with E-state index in [9.17, 15) is 0 Å². The highest BCUT2D eigenvalue weighted by atomic mass is 16.5. The summed E-state index contributed by atoms with van der Waals surface area (Å²) in [4.78, 5) is 2.50. The second kappa shape index (κ2) is 4.81. The van der Waals surface area contributed by atoms with Crippen molar-refractivity contribution in [2.24, 2.45) is 11.1 Å². The van der Waals surface area contributed by atoms with Gasteiger partial charge in [-0.25, -0.2) is 0 Å². The minimum absolute atomic E-state index is 0.239. The van der Waals surface area contributed by atoms with Gasteiger partial charge in [-0.3, -0.25) is 0 Å². The van der Waals surface area contributed by atoms with E-state index in [0.717, 1.165) is 32.3 Å². The summed E-state index contributed by atoms with van der Waals surface area (Å²) < 4.78 is 5.60. The van der Waals surface area contributed by atoms with Crippen LogP contribution in [0.25, 0.3) is 0 Å². The SMILES string of the molecule is CN(CC1(CN)CCCOC1)C1CCC1. The molecule has 1 unspecified atom stereocenters. The van der Waals surface area contributed by atoms with Gasteiger partial charge in [-0.05, 0) is 32.7 Å². The molecule has 1 saturated heterocycles. The largest absolute Gasteiger partial charge is 0.381 e. The standard InChI is InChI=1S/C12H24N2O/c1-14(11-4-2-5-11)9-12(8-13)6-3-7-15-10-12/h11H,2-10,13H2,1H3. The smallest absolute Gasteiger partial charge is 0.0546 e. The molecule has 0 spiro atoms. The molecule has 2 N–H and O–H groups in total. The highest BCUT2D eigenvalue weighted by molar-refractivity contribution is 4.88. The van der Waals surface area contributed by atoms with Crippen LogP contribution >= 0.6 is 0 Å². The molecule has 1 aliphatic heterocycles.